The number of nitrogens with zero attached hydrogens (tertiary/aromatic N) is 2. The van der Waals surface area contributed by atoms with Crippen molar-refractivity contribution < 1.29 is 9.73 Å². The van der Waals surface area contributed by atoms with Gasteiger partial charge in [-0.15, -0.1) is 0 Å². The van der Waals surface area contributed by atoms with Gasteiger partial charge < -0.3 is 4.42 Å². The van der Waals surface area contributed by atoms with Gasteiger partial charge in [0.2, 0.25) is 0 Å². The van der Waals surface area contributed by atoms with Crippen molar-refractivity contribution >= 4 is 71.7 Å². The van der Waals surface area contributed by atoms with Gasteiger partial charge in [-0.2, -0.15) is 0 Å². The van der Waals surface area contributed by atoms with Crippen molar-refractivity contribution in [2.75, 3.05) is 0 Å². The summed E-state index contributed by atoms with van der Waals surface area (Å²) in [6.45, 7) is 0. The molecule has 0 fully saturated rings. The third kappa shape index (κ3) is 2.56. The fraction of sp³-hybridized carbons (Fsp3) is 0.0278. The molecular formula is C36H22N3O+. The van der Waals surface area contributed by atoms with E-state index in [1.165, 1.54) is 55.0 Å². The van der Waals surface area contributed by atoms with Crippen molar-refractivity contribution in [3.8, 4) is 11.1 Å². The van der Waals surface area contributed by atoms with Gasteiger partial charge in [0.15, 0.2) is 17.6 Å². The number of rotatable bonds is 1. The van der Waals surface area contributed by atoms with Gasteiger partial charge in [-0.3, -0.25) is 9.88 Å². The fourth-order valence-corrected chi connectivity index (χ4v) is 7.07. The zero-order valence-electron chi connectivity index (χ0n) is 21.4. The maximum absolute atomic E-state index is 6.13. The SMILES string of the molecule is c1ccc2c(c1)N=C1C([NH2+]2)c2cc(-c3ccc4oc5ccccc5c4c3)cc3c4ccc5ccccc5c4n1c23. The number of aliphatic imine (C=N–C) groups is 1. The highest BCUT2D eigenvalue weighted by molar-refractivity contribution is 6.26. The average Bonchev–Trinajstić information content (AvgIpc) is 3.65. The Kier molecular flexibility index (Phi) is 3.76. The molecule has 0 bridgehead atoms. The van der Waals surface area contributed by atoms with E-state index in [0.29, 0.717) is 0 Å². The lowest BCUT2D eigenvalue weighted by Crippen LogP contribution is -2.81. The molecule has 2 aliphatic rings. The van der Waals surface area contributed by atoms with Crippen molar-refractivity contribution in [3.63, 3.8) is 0 Å². The number of fused-ring (bicyclic) bond motifs is 12. The van der Waals surface area contributed by atoms with E-state index >= 15 is 0 Å². The van der Waals surface area contributed by atoms with E-state index in [2.05, 4.69) is 113 Å². The first-order valence-corrected chi connectivity index (χ1v) is 13.8. The molecule has 1 unspecified atom stereocenters. The minimum atomic E-state index is 0.106. The van der Waals surface area contributed by atoms with Gasteiger partial charge in [0.1, 0.15) is 16.9 Å². The summed E-state index contributed by atoms with van der Waals surface area (Å²) in [6.07, 6.45) is 0. The van der Waals surface area contributed by atoms with Gasteiger partial charge in [-0.05, 0) is 52.9 Å². The molecule has 4 nitrogen and oxygen atoms in total. The van der Waals surface area contributed by atoms with E-state index in [1.54, 1.807) is 0 Å². The molecule has 10 rings (SSSR count). The number of hydrogen-bond donors (Lipinski definition) is 1. The lowest BCUT2D eigenvalue weighted by Gasteiger charge is -2.20. The Morgan fingerprint density at radius 1 is 0.600 bits per heavy atom. The second kappa shape index (κ2) is 7.26. The Labute approximate surface area is 228 Å². The van der Waals surface area contributed by atoms with E-state index in [1.807, 2.05) is 12.1 Å². The summed E-state index contributed by atoms with van der Waals surface area (Å²) in [5.74, 6) is 1.10. The van der Waals surface area contributed by atoms with E-state index < -0.39 is 0 Å². The molecule has 8 aromatic rings. The maximum Gasteiger partial charge on any atom is 0.178 e. The average molecular weight is 513 g/mol. The molecule has 4 heteroatoms. The standard InChI is InChI=1S/C36H21N3O/c1-2-8-23-20(7-1)13-15-25-27-18-22(21-14-16-32-26(17-21)24-9-3-6-12-31(24)40-32)19-28-33-36(39(34(23)25)35(27)28)38-30-11-5-4-10-29(30)37-33/h1-19,33,37H/p+1. The fourth-order valence-electron chi connectivity index (χ4n) is 7.07. The molecule has 6 aromatic carbocycles. The molecule has 0 radical (unpaired) electrons. The molecule has 0 aliphatic carbocycles. The van der Waals surface area contributed by atoms with Crippen LogP contribution in [0.4, 0.5) is 11.4 Å². The number of para-hydroxylation sites is 3. The third-order valence-electron chi connectivity index (χ3n) is 8.85. The van der Waals surface area contributed by atoms with E-state index in [-0.39, 0.29) is 6.04 Å². The summed E-state index contributed by atoms with van der Waals surface area (Å²) in [5.41, 5.74) is 10.3. The Bertz CT molecular complexity index is 2420. The molecular weight excluding hydrogens is 490 g/mol. The van der Waals surface area contributed by atoms with Crippen LogP contribution in [0.3, 0.4) is 0 Å². The van der Waals surface area contributed by atoms with Crippen molar-refractivity contribution in [2.24, 2.45) is 4.99 Å². The highest BCUT2D eigenvalue weighted by Crippen LogP contribution is 2.46. The van der Waals surface area contributed by atoms with Crippen LogP contribution in [0, 0.1) is 0 Å². The highest BCUT2D eigenvalue weighted by atomic mass is 16.3. The van der Waals surface area contributed by atoms with Gasteiger partial charge in [-0.25, -0.2) is 4.99 Å². The minimum Gasteiger partial charge on any atom is -0.456 e. The largest absolute Gasteiger partial charge is 0.456 e. The molecule has 1 atom stereocenters. The van der Waals surface area contributed by atoms with Crippen LogP contribution < -0.4 is 5.32 Å². The molecule has 2 aliphatic heterocycles. The predicted octanol–water partition coefficient (Wildman–Crippen LogP) is 8.36. The molecule has 0 spiro atoms. The van der Waals surface area contributed by atoms with Crippen LogP contribution in [0.5, 0.6) is 0 Å². The van der Waals surface area contributed by atoms with Crippen LogP contribution in [0.15, 0.2) is 125 Å². The van der Waals surface area contributed by atoms with Gasteiger partial charge in [-0.1, -0.05) is 72.8 Å². The minimum absolute atomic E-state index is 0.106. The van der Waals surface area contributed by atoms with Crippen LogP contribution in [0.1, 0.15) is 11.6 Å². The summed E-state index contributed by atoms with van der Waals surface area (Å²) in [5, 5.41) is 9.76. The number of aromatic nitrogens is 1. The number of quaternary nitrogens is 1. The van der Waals surface area contributed by atoms with E-state index in [4.69, 9.17) is 9.41 Å². The van der Waals surface area contributed by atoms with Crippen LogP contribution in [0.2, 0.25) is 0 Å². The first kappa shape index (κ1) is 20.7. The summed E-state index contributed by atoms with van der Waals surface area (Å²) in [6, 6.07) is 41.5. The number of nitrogens with two attached hydrogens (primary N) is 1. The monoisotopic (exact) mass is 512 g/mol. The number of furan rings is 1. The number of benzene rings is 6. The van der Waals surface area contributed by atoms with Crippen LogP contribution in [-0.4, -0.2) is 10.4 Å². The molecule has 2 N–H and O–H groups in total. The first-order valence-electron chi connectivity index (χ1n) is 13.8. The van der Waals surface area contributed by atoms with Crippen molar-refractivity contribution in [2.45, 2.75) is 6.04 Å². The Morgan fingerprint density at radius 2 is 1.40 bits per heavy atom. The zero-order valence-corrected chi connectivity index (χ0v) is 21.4. The quantitative estimate of drug-likeness (QED) is 0.221. The lowest BCUT2D eigenvalue weighted by atomic mass is 9.94. The number of hydrogen-bond acceptors (Lipinski definition) is 2. The lowest BCUT2D eigenvalue weighted by molar-refractivity contribution is -0.599. The Balaban J connectivity index is 1.32. The summed E-state index contributed by atoms with van der Waals surface area (Å²) < 4.78 is 8.57. The molecule has 0 saturated carbocycles. The smallest absolute Gasteiger partial charge is 0.178 e. The van der Waals surface area contributed by atoms with Crippen molar-refractivity contribution in [1.82, 2.24) is 4.57 Å². The van der Waals surface area contributed by atoms with Crippen LogP contribution >= 0.6 is 0 Å². The molecule has 0 amide bonds. The summed E-state index contributed by atoms with van der Waals surface area (Å²) >= 11 is 0. The molecule has 40 heavy (non-hydrogen) atoms. The summed E-state index contributed by atoms with van der Waals surface area (Å²) in [4.78, 5) is 5.28. The molecule has 2 aromatic heterocycles. The molecule has 0 saturated heterocycles. The van der Waals surface area contributed by atoms with E-state index in [9.17, 15) is 0 Å². The predicted molar refractivity (Wildman–Crippen MR) is 163 cm³/mol. The van der Waals surface area contributed by atoms with Crippen molar-refractivity contribution in [3.05, 3.63) is 121 Å². The topological polar surface area (TPSA) is 47.0 Å². The van der Waals surface area contributed by atoms with E-state index in [0.717, 1.165) is 33.5 Å². The highest BCUT2D eigenvalue weighted by Gasteiger charge is 2.40. The third-order valence-corrected chi connectivity index (χ3v) is 8.85. The van der Waals surface area contributed by atoms with Gasteiger partial charge in [0, 0.05) is 38.6 Å². The zero-order chi connectivity index (χ0) is 25.9. The Hall–Kier alpha value is -5.19. The summed E-state index contributed by atoms with van der Waals surface area (Å²) in [7, 11) is 0. The van der Waals surface area contributed by atoms with Gasteiger partial charge in [0.25, 0.3) is 0 Å². The van der Waals surface area contributed by atoms with Gasteiger partial charge >= 0.3 is 0 Å². The van der Waals surface area contributed by atoms with Crippen LogP contribution in [-0.2, 0) is 0 Å². The van der Waals surface area contributed by atoms with Crippen molar-refractivity contribution in [1.29, 1.82) is 0 Å². The van der Waals surface area contributed by atoms with Crippen LogP contribution in [0.25, 0.3) is 65.6 Å². The maximum atomic E-state index is 6.13. The second-order valence-corrected chi connectivity index (χ2v) is 11.0. The van der Waals surface area contributed by atoms with Gasteiger partial charge in [0.05, 0.1) is 11.0 Å². The molecule has 4 heterocycles. The Morgan fingerprint density at radius 3 is 2.38 bits per heavy atom. The molecule has 186 valence electrons. The normalized spacial score (nSPS) is 15.8. The second-order valence-electron chi connectivity index (χ2n) is 11.0. The first-order chi connectivity index (χ1) is 19.8.